The Morgan fingerprint density at radius 3 is 2.54 bits per heavy atom. The third kappa shape index (κ3) is 4.13. The lowest BCUT2D eigenvalue weighted by Gasteiger charge is -2.15. The SMILES string of the molecule is NC(=O)[C@H](Cc1ccccc1[N+](=O)[O-])NC(=O)c1cccc(F)c1. The van der Waals surface area contributed by atoms with E-state index in [0.29, 0.717) is 0 Å². The van der Waals surface area contributed by atoms with Crippen molar-refractivity contribution in [3.05, 3.63) is 75.6 Å². The van der Waals surface area contributed by atoms with Crippen LogP contribution in [-0.4, -0.2) is 22.8 Å². The minimum atomic E-state index is -1.16. The van der Waals surface area contributed by atoms with Crippen molar-refractivity contribution >= 4 is 17.5 Å². The summed E-state index contributed by atoms with van der Waals surface area (Å²) in [6.45, 7) is 0. The number of benzene rings is 2. The van der Waals surface area contributed by atoms with Crippen molar-refractivity contribution in [3.8, 4) is 0 Å². The van der Waals surface area contributed by atoms with Crippen LogP contribution >= 0.6 is 0 Å². The lowest BCUT2D eigenvalue weighted by molar-refractivity contribution is -0.385. The number of nitrogens with zero attached hydrogens (tertiary/aromatic N) is 1. The fourth-order valence-corrected chi connectivity index (χ4v) is 2.18. The van der Waals surface area contributed by atoms with Crippen LogP contribution in [0.2, 0.25) is 0 Å². The van der Waals surface area contributed by atoms with Gasteiger partial charge in [-0.3, -0.25) is 19.7 Å². The fourth-order valence-electron chi connectivity index (χ4n) is 2.18. The summed E-state index contributed by atoms with van der Waals surface area (Å²) < 4.78 is 13.2. The maximum atomic E-state index is 13.2. The van der Waals surface area contributed by atoms with Crippen LogP contribution in [0.25, 0.3) is 0 Å². The van der Waals surface area contributed by atoms with Crippen molar-refractivity contribution in [2.45, 2.75) is 12.5 Å². The number of nitro groups is 1. The molecule has 8 heteroatoms. The van der Waals surface area contributed by atoms with Crippen molar-refractivity contribution in [1.82, 2.24) is 5.32 Å². The molecule has 0 aliphatic rings. The number of para-hydroxylation sites is 1. The molecule has 1 atom stereocenters. The Balaban J connectivity index is 2.20. The van der Waals surface area contributed by atoms with Crippen molar-refractivity contribution in [2.75, 3.05) is 0 Å². The Kier molecular flexibility index (Phi) is 5.20. The molecule has 2 rings (SSSR count). The molecule has 3 N–H and O–H groups in total. The Labute approximate surface area is 136 Å². The molecule has 0 aliphatic heterocycles. The normalized spacial score (nSPS) is 11.5. The van der Waals surface area contributed by atoms with Gasteiger partial charge in [0, 0.05) is 23.6 Å². The molecule has 2 amide bonds. The topological polar surface area (TPSA) is 115 Å². The molecule has 0 spiro atoms. The van der Waals surface area contributed by atoms with E-state index in [0.717, 1.165) is 6.07 Å². The summed E-state index contributed by atoms with van der Waals surface area (Å²) in [7, 11) is 0. The Morgan fingerprint density at radius 1 is 1.21 bits per heavy atom. The van der Waals surface area contributed by atoms with E-state index in [4.69, 9.17) is 5.73 Å². The molecular weight excluding hydrogens is 317 g/mol. The van der Waals surface area contributed by atoms with E-state index in [2.05, 4.69) is 5.32 Å². The van der Waals surface area contributed by atoms with Crippen LogP contribution in [0.5, 0.6) is 0 Å². The molecule has 0 saturated heterocycles. The second kappa shape index (κ2) is 7.32. The number of nitrogens with one attached hydrogen (secondary N) is 1. The molecule has 0 aliphatic carbocycles. The highest BCUT2D eigenvalue weighted by atomic mass is 19.1. The molecule has 24 heavy (non-hydrogen) atoms. The van der Waals surface area contributed by atoms with E-state index >= 15 is 0 Å². The number of nitro benzene ring substituents is 1. The standard InChI is InChI=1S/C16H14FN3O4/c17-12-6-3-5-11(8-12)16(22)19-13(15(18)21)9-10-4-1-2-7-14(10)20(23)24/h1-8,13H,9H2,(H2,18,21)(H,19,22)/t13-/m0/s1. The third-order valence-electron chi connectivity index (χ3n) is 3.35. The summed E-state index contributed by atoms with van der Waals surface area (Å²) in [5.41, 5.74) is 5.37. The zero-order chi connectivity index (χ0) is 17.7. The summed E-state index contributed by atoms with van der Waals surface area (Å²) in [4.78, 5) is 34.1. The smallest absolute Gasteiger partial charge is 0.272 e. The van der Waals surface area contributed by atoms with Gasteiger partial charge in [0.25, 0.3) is 11.6 Å². The number of carbonyl (C=O) groups is 2. The fraction of sp³-hybridized carbons (Fsp3) is 0.125. The van der Waals surface area contributed by atoms with Crippen LogP contribution in [0.15, 0.2) is 48.5 Å². The van der Waals surface area contributed by atoms with Gasteiger partial charge < -0.3 is 11.1 Å². The molecule has 0 unspecified atom stereocenters. The summed E-state index contributed by atoms with van der Waals surface area (Å²) in [5.74, 6) is -2.15. The number of amides is 2. The number of carbonyl (C=O) groups excluding carboxylic acids is 2. The molecule has 124 valence electrons. The van der Waals surface area contributed by atoms with Gasteiger partial charge in [0.05, 0.1) is 4.92 Å². The first kappa shape index (κ1) is 17.1. The molecule has 2 aromatic rings. The van der Waals surface area contributed by atoms with Gasteiger partial charge in [0.1, 0.15) is 11.9 Å². The van der Waals surface area contributed by atoms with Gasteiger partial charge in [-0.15, -0.1) is 0 Å². The van der Waals surface area contributed by atoms with Crippen molar-refractivity contribution in [1.29, 1.82) is 0 Å². The van der Waals surface area contributed by atoms with Crippen molar-refractivity contribution in [2.24, 2.45) is 5.73 Å². The third-order valence-corrected chi connectivity index (χ3v) is 3.35. The highest BCUT2D eigenvalue weighted by Crippen LogP contribution is 2.19. The van der Waals surface area contributed by atoms with E-state index in [1.165, 1.54) is 36.4 Å². The predicted molar refractivity (Wildman–Crippen MR) is 83.6 cm³/mol. The monoisotopic (exact) mass is 331 g/mol. The highest BCUT2D eigenvalue weighted by molar-refractivity contribution is 5.97. The molecule has 7 nitrogen and oxygen atoms in total. The van der Waals surface area contributed by atoms with E-state index in [1.807, 2.05) is 0 Å². The van der Waals surface area contributed by atoms with Gasteiger partial charge in [0.15, 0.2) is 0 Å². The van der Waals surface area contributed by atoms with Gasteiger partial charge in [-0.25, -0.2) is 4.39 Å². The number of primary amides is 1. The van der Waals surface area contributed by atoms with E-state index in [1.54, 1.807) is 6.07 Å². The minimum Gasteiger partial charge on any atom is -0.368 e. The van der Waals surface area contributed by atoms with Gasteiger partial charge in [-0.05, 0) is 18.2 Å². The summed E-state index contributed by atoms with van der Waals surface area (Å²) in [5, 5.41) is 13.4. The largest absolute Gasteiger partial charge is 0.368 e. The molecule has 0 bridgehead atoms. The summed E-state index contributed by atoms with van der Waals surface area (Å²) >= 11 is 0. The van der Waals surface area contributed by atoms with Gasteiger partial charge in [0.2, 0.25) is 5.91 Å². The highest BCUT2D eigenvalue weighted by Gasteiger charge is 2.23. The first-order chi connectivity index (χ1) is 11.4. The average molecular weight is 331 g/mol. The van der Waals surface area contributed by atoms with E-state index in [-0.39, 0.29) is 23.2 Å². The number of rotatable bonds is 6. The molecule has 2 aromatic carbocycles. The maximum Gasteiger partial charge on any atom is 0.272 e. The Bertz CT molecular complexity index is 794. The lowest BCUT2D eigenvalue weighted by Crippen LogP contribution is -2.46. The molecule has 0 radical (unpaired) electrons. The van der Waals surface area contributed by atoms with Crippen molar-refractivity contribution < 1.29 is 18.9 Å². The van der Waals surface area contributed by atoms with Crippen LogP contribution in [-0.2, 0) is 11.2 Å². The zero-order valence-corrected chi connectivity index (χ0v) is 12.4. The Morgan fingerprint density at radius 2 is 1.92 bits per heavy atom. The van der Waals surface area contributed by atoms with Crippen LogP contribution < -0.4 is 11.1 Å². The molecule has 0 aromatic heterocycles. The maximum absolute atomic E-state index is 13.2. The van der Waals surface area contributed by atoms with Crippen LogP contribution in [0, 0.1) is 15.9 Å². The van der Waals surface area contributed by atoms with Crippen LogP contribution in [0.3, 0.4) is 0 Å². The van der Waals surface area contributed by atoms with Crippen molar-refractivity contribution in [3.63, 3.8) is 0 Å². The zero-order valence-electron chi connectivity index (χ0n) is 12.4. The second-order valence-corrected chi connectivity index (χ2v) is 5.03. The predicted octanol–water partition coefficient (Wildman–Crippen LogP) is 1.56. The Hall–Kier alpha value is -3.29. The summed E-state index contributed by atoms with van der Waals surface area (Å²) in [6.07, 6.45) is -0.145. The van der Waals surface area contributed by atoms with E-state index < -0.39 is 28.6 Å². The first-order valence-corrected chi connectivity index (χ1v) is 6.96. The number of nitrogens with two attached hydrogens (primary N) is 1. The molecular formula is C16H14FN3O4. The second-order valence-electron chi connectivity index (χ2n) is 5.03. The quantitative estimate of drug-likeness (QED) is 0.617. The lowest BCUT2D eigenvalue weighted by atomic mass is 10.0. The first-order valence-electron chi connectivity index (χ1n) is 6.96. The number of hydrogen-bond donors (Lipinski definition) is 2. The average Bonchev–Trinajstić information content (AvgIpc) is 2.54. The van der Waals surface area contributed by atoms with Gasteiger partial charge in [-0.2, -0.15) is 0 Å². The number of hydrogen-bond acceptors (Lipinski definition) is 4. The van der Waals surface area contributed by atoms with Crippen LogP contribution in [0.4, 0.5) is 10.1 Å². The summed E-state index contributed by atoms with van der Waals surface area (Å²) in [6, 6.07) is 9.59. The molecule has 0 heterocycles. The van der Waals surface area contributed by atoms with Crippen LogP contribution in [0.1, 0.15) is 15.9 Å². The molecule has 0 saturated carbocycles. The number of halogens is 1. The van der Waals surface area contributed by atoms with E-state index in [9.17, 15) is 24.1 Å². The van der Waals surface area contributed by atoms with Gasteiger partial charge in [-0.1, -0.05) is 24.3 Å². The van der Waals surface area contributed by atoms with Gasteiger partial charge >= 0.3 is 0 Å². The minimum absolute atomic E-state index is 0.0174. The molecule has 0 fully saturated rings.